The number of ether oxygens (including phenoxy) is 1. The summed E-state index contributed by atoms with van der Waals surface area (Å²) in [5.74, 6) is -4.28. The summed E-state index contributed by atoms with van der Waals surface area (Å²) in [6.07, 6.45) is -1.07. The molecule has 0 unspecified atom stereocenters. The number of hydrogen-bond acceptors (Lipinski definition) is 9. The molecule has 1 aliphatic heterocycles. The minimum absolute atomic E-state index is 0.0406. The van der Waals surface area contributed by atoms with Crippen LogP contribution in [0.15, 0.2) is 61.2 Å². The fourth-order valence-corrected chi connectivity index (χ4v) is 4.71. The Bertz CT molecular complexity index is 1640. The second kappa shape index (κ2) is 9.81. The number of halogens is 3. The maximum atomic E-state index is 13.8. The Morgan fingerprint density at radius 3 is 2.51 bits per heavy atom. The predicted octanol–water partition coefficient (Wildman–Crippen LogP) is 1.89. The molecule has 6 rings (SSSR count). The second-order valence-corrected chi connectivity index (χ2v) is 9.03. The van der Waals surface area contributed by atoms with E-state index in [-0.39, 0.29) is 17.1 Å². The van der Waals surface area contributed by atoms with Crippen LogP contribution in [0.2, 0.25) is 0 Å². The highest BCUT2D eigenvalue weighted by Crippen LogP contribution is 2.38. The first-order valence-corrected chi connectivity index (χ1v) is 11.8. The molecule has 4 heterocycles. The van der Waals surface area contributed by atoms with Gasteiger partial charge in [0.1, 0.15) is 42.5 Å². The van der Waals surface area contributed by atoms with E-state index in [1.54, 1.807) is 10.8 Å². The van der Waals surface area contributed by atoms with Gasteiger partial charge in [-0.15, -0.1) is 15.3 Å². The minimum atomic E-state index is -1.62. The number of aliphatic hydroxyl groups is 3. The van der Waals surface area contributed by atoms with Crippen molar-refractivity contribution in [2.24, 2.45) is 0 Å². The van der Waals surface area contributed by atoms with E-state index in [9.17, 15) is 28.5 Å². The van der Waals surface area contributed by atoms with Crippen LogP contribution in [0.4, 0.5) is 13.2 Å². The van der Waals surface area contributed by atoms with Gasteiger partial charge >= 0.3 is 0 Å². The van der Waals surface area contributed by atoms with Gasteiger partial charge in [-0.2, -0.15) is 0 Å². The van der Waals surface area contributed by atoms with Gasteiger partial charge in [-0.25, -0.2) is 17.9 Å². The Hall–Kier alpha value is -4.24. The molecule has 0 radical (unpaired) electrons. The Labute approximate surface area is 217 Å². The molecule has 0 spiro atoms. The zero-order valence-corrected chi connectivity index (χ0v) is 19.9. The number of aliphatic hydroxyl groups excluding tert-OH is 3. The van der Waals surface area contributed by atoms with Crippen LogP contribution < -0.4 is 0 Å². The van der Waals surface area contributed by atoms with Gasteiger partial charge in [0.2, 0.25) is 0 Å². The average molecular weight is 539 g/mol. The molecule has 200 valence electrons. The van der Waals surface area contributed by atoms with Gasteiger partial charge in [-0.1, -0.05) is 23.4 Å². The van der Waals surface area contributed by atoms with Crippen LogP contribution in [0.25, 0.3) is 27.8 Å². The van der Waals surface area contributed by atoms with Crippen molar-refractivity contribution < 1.29 is 33.2 Å². The number of pyridine rings is 1. The van der Waals surface area contributed by atoms with Crippen LogP contribution in [0.1, 0.15) is 18.0 Å². The van der Waals surface area contributed by atoms with Gasteiger partial charge in [0.25, 0.3) is 0 Å². The van der Waals surface area contributed by atoms with Crippen LogP contribution in [-0.2, 0) is 4.74 Å². The SMILES string of the molecule is OC[C@H]1O[C@@H](c2nncn2-c2cnc3ccccc3c2)[C@H](O)[C@@H](n2cc(-c3cc(F)c(F)c(F)c3)nn2)[C@H]1O. The van der Waals surface area contributed by atoms with Crippen molar-refractivity contribution in [2.75, 3.05) is 6.61 Å². The number of fused-ring (bicyclic) bond motifs is 1. The lowest BCUT2D eigenvalue weighted by Crippen LogP contribution is -2.53. The normalized spacial score (nSPS) is 23.4. The van der Waals surface area contributed by atoms with E-state index in [2.05, 4.69) is 25.5 Å². The Morgan fingerprint density at radius 2 is 1.74 bits per heavy atom. The molecule has 11 nitrogen and oxygen atoms in total. The number of hydrogen-bond donors (Lipinski definition) is 3. The highest BCUT2D eigenvalue weighted by atomic mass is 19.2. The molecule has 0 aliphatic carbocycles. The van der Waals surface area contributed by atoms with Crippen LogP contribution in [0, 0.1) is 17.5 Å². The van der Waals surface area contributed by atoms with E-state index in [4.69, 9.17) is 4.74 Å². The van der Waals surface area contributed by atoms with Gasteiger partial charge in [0, 0.05) is 10.9 Å². The molecule has 0 bridgehead atoms. The highest BCUT2D eigenvalue weighted by Gasteiger charge is 2.48. The molecule has 0 amide bonds. The van der Waals surface area contributed by atoms with Crippen molar-refractivity contribution in [3.05, 3.63) is 84.5 Å². The van der Waals surface area contributed by atoms with E-state index < -0.39 is 54.5 Å². The van der Waals surface area contributed by atoms with Crippen molar-refractivity contribution in [2.45, 2.75) is 30.5 Å². The fraction of sp³-hybridized carbons (Fsp3) is 0.240. The number of para-hydroxylation sites is 1. The summed E-state index contributed by atoms with van der Waals surface area (Å²) in [5.41, 5.74) is 1.21. The molecule has 3 aromatic heterocycles. The summed E-state index contributed by atoms with van der Waals surface area (Å²) in [5, 5.41) is 48.9. The summed E-state index contributed by atoms with van der Waals surface area (Å²) in [7, 11) is 0. The molecule has 1 aliphatic rings. The molecular weight excluding hydrogens is 519 g/mol. The van der Waals surface area contributed by atoms with Gasteiger partial charge in [-0.3, -0.25) is 9.55 Å². The van der Waals surface area contributed by atoms with Crippen molar-refractivity contribution >= 4 is 10.9 Å². The number of benzene rings is 2. The lowest BCUT2D eigenvalue weighted by molar-refractivity contribution is -0.210. The first kappa shape index (κ1) is 25.1. The summed E-state index contributed by atoms with van der Waals surface area (Å²) >= 11 is 0. The summed E-state index contributed by atoms with van der Waals surface area (Å²) in [6, 6.07) is 9.61. The topological polar surface area (TPSA) is 144 Å². The number of aromatic nitrogens is 7. The van der Waals surface area contributed by atoms with Crippen molar-refractivity contribution in [1.82, 2.24) is 34.7 Å². The lowest BCUT2D eigenvalue weighted by Gasteiger charge is -2.41. The third-order valence-corrected chi connectivity index (χ3v) is 6.67. The molecule has 5 aromatic rings. The fourth-order valence-electron chi connectivity index (χ4n) is 4.71. The van der Waals surface area contributed by atoms with Gasteiger partial charge < -0.3 is 20.1 Å². The van der Waals surface area contributed by atoms with Gasteiger partial charge in [0.15, 0.2) is 23.3 Å². The molecule has 1 saturated heterocycles. The standard InChI is InChI=1S/C25H20F3N7O4/c26-15-6-13(7-16(27)20(15)28)18-9-35(33-31-18)21-22(37)19(10-36)39-24(23(21)38)25-32-30-11-34(25)14-5-12-3-1-2-4-17(12)29-8-14/h1-9,11,19,21-24,36-38H,10H2/t19-,21+,22+,23-,24-/m1/s1. The van der Waals surface area contributed by atoms with E-state index in [0.717, 1.165) is 27.7 Å². The largest absolute Gasteiger partial charge is 0.394 e. The van der Waals surface area contributed by atoms with Gasteiger partial charge in [0.05, 0.1) is 30.2 Å². The lowest BCUT2D eigenvalue weighted by atomic mass is 9.92. The smallest absolute Gasteiger partial charge is 0.194 e. The van der Waals surface area contributed by atoms with Crippen molar-refractivity contribution in [1.29, 1.82) is 0 Å². The van der Waals surface area contributed by atoms with Crippen LogP contribution in [0.3, 0.4) is 0 Å². The molecule has 0 saturated carbocycles. The first-order valence-electron chi connectivity index (χ1n) is 11.8. The Balaban J connectivity index is 1.37. The van der Waals surface area contributed by atoms with E-state index in [1.807, 2.05) is 30.3 Å². The second-order valence-electron chi connectivity index (χ2n) is 9.03. The Kier molecular flexibility index (Phi) is 6.31. The zero-order chi connectivity index (χ0) is 27.3. The maximum absolute atomic E-state index is 13.8. The third-order valence-electron chi connectivity index (χ3n) is 6.67. The average Bonchev–Trinajstić information content (AvgIpc) is 3.62. The van der Waals surface area contributed by atoms with Crippen LogP contribution in [0.5, 0.6) is 0 Å². The molecule has 2 aromatic carbocycles. The zero-order valence-electron chi connectivity index (χ0n) is 19.9. The molecule has 3 N–H and O–H groups in total. The van der Waals surface area contributed by atoms with Gasteiger partial charge in [-0.05, 0) is 24.3 Å². The van der Waals surface area contributed by atoms with Crippen molar-refractivity contribution in [3.63, 3.8) is 0 Å². The van der Waals surface area contributed by atoms with E-state index in [0.29, 0.717) is 5.69 Å². The molecule has 1 fully saturated rings. The minimum Gasteiger partial charge on any atom is -0.394 e. The predicted molar refractivity (Wildman–Crippen MR) is 128 cm³/mol. The molecular formula is C25H20F3N7O4. The number of nitrogens with zero attached hydrogens (tertiary/aromatic N) is 7. The summed E-state index contributed by atoms with van der Waals surface area (Å²) < 4.78 is 49.4. The third kappa shape index (κ3) is 4.32. The van der Waals surface area contributed by atoms with E-state index >= 15 is 0 Å². The Morgan fingerprint density at radius 1 is 0.974 bits per heavy atom. The molecule has 5 atom stereocenters. The van der Waals surface area contributed by atoms with Crippen LogP contribution >= 0.6 is 0 Å². The molecule has 39 heavy (non-hydrogen) atoms. The van der Waals surface area contributed by atoms with E-state index in [1.165, 1.54) is 12.5 Å². The van der Waals surface area contributed by atoms with Crippen LogP contribution in [-0.4, -0.2) is 75.0 Å². The quantitative estimate of drug-likeness (QED) is 0.285. The first-order chi connectivity index (χ1) is 18.9. The summed E-state index contributed by atoms with van der Waals surface area (Å²) in [6.45, 7) is -0.609. The monoisotopic (exact) mass is 539 g/mol. The number of rotatable bonds is 5. The summed E-state index contributed by atoms with van der Waals surface area (Å²) in [4.78, 5) is 4.44. The van der Waals surface area contributed by atoms with Crippen molar-refractivity contribution in [3.8, 4) is 16.9 Å². The molecule has 14 heteroatoms. The highest BCUT2D eigenvalue weighted by molar-refractivity contribution is 5.80. The maximum Gasteiger partial charge on any atom is 0.194 e.